The van der Waals surface area contributed by atoms with E-state index in [1.165, 1.54) is 0 Å². The summed E-state index contributed by atoms with van der Waals surface area (Å²) >= 11 is 0. The molecule has 0 bridgehead atoms. The SMILES string of the molecule is C[Si]1(C)OCCOCCO1. The van der Waals surface area contributed by atoms with Crippen LogP contribution in [0, 0.1) is 0 Å². The summed E-state index contributed by atoms with van der Waals surface area (Å²) in [6.07, 6.45) is 0. The van der Waals surface area contributed by atoms with E-state index < -0.39 is 8.56 Å². The molecule has 0 amide bonds. The van der Waals surface area contributed by atoms with Gasteiger partial charge in [-0.15, -0.1) is 0 Å². The molecular formula is C6H14O3Si. The summed E-state index contributed by atoms with van der Waals surface area (Å²) < 4.78 is 16.1. The summed E-state index contributed by atoms with van der Waals surface area (Å²) in [5, 5.41) is 0. The number of hydrogen-bond acceptors (Lipinski definition) is 3. The number of rotatable bonds is 0. The van der Waals surface area contributed by atoms with Crippen LogP contribution in [-0.2, 0) is 13.6 Å². The van der Waals surface area contributed by atoms with Crippen molar-refractivity contribution in [1.29, 1.82) is 0 Å². The van der Waals surface area contributed by atoms with Crippen molar-refractivity contribution in [3.63, 3.8) is 0 Å². The van der Waals surface area contributed by atoms with Gasteiger partial charge in [-0.1, -0.05) is 0 Å². The van der Waals surface area contributed by atoms with Crippen molar-refractivity contribution >= 4 is 8.56 Å². The van der Waals surface area contributed by atoms with Crippen molar-refractivity contribution in [1.82, 2.24) is 0 Å². The van der Waals surface area contributed by atoms with E-state index in [0.29, 0.717) is 26.4 Å². The van der Waals surface area contributed by atoms with Crippen LogP contribution in [-0.4, -0.2) is 35.0 Å². The smallest absolute Gasteiger partial charge is 0.331 e. The van der Waals surface area contributed by atoms with Crippen LogP contribution in [0.2, 0.25) is 13.1 Å². The normalized spacial score (nSPS) is 27.0. The van der Waals surface area contributed by atoms with Crippen molar-refractivity contribution in [2.45, 2.75) is 13.1 Å². The Hall–Kier alpha value is 0.0969. The van der Waals surface area contributed by atoms with Crippen LogP contribution in [0.3, 0.4) is 0 Å². The van der Waals surface area contributed by atoms with Gasteiger partial charge in [-0.25, -0.2) is 0 Å². The minimum Gasteiger partial charge on any atom is -0.392 e. The van der Waals surface area contributed by atoms with Crippen molar-refractivity contribution in [2.75, 3.05) is 26.4 Å². The molecule has 0 atom stereocenters. The molecule has 0 aromatic rings. The van der Waals surface area contributed by atoms with E-state index >= 15 is 0 Å². The topological polar surface area (TPSA) is 27.7 Å². The summed E-state index contributed by atoms with van der Waals surface area (Å²) in [4.78, 5) is 0. The zero-order chi connectivity index (χ0) is 7.45. The van der Waals surface area contributed by atoms with E-state index in [1.807, 2.05) is 0 Å². The maximum atomic E-state index is 5.46. The molecule has 4 heteroatoms. The second-order valence-electron chi connectivity index (χ2n) is 2.71. The predicted molar refractivity (Wildman–Crippen MR) is 40.2 cm³/mol. The summed E-state index contributed by atoms with van der Waals surface area (Å²) in [7, 11) is -1.75. The molecule has 1 rings (SSSR count). The molecule has 0 aliphatic carbocycles. The van der Waals surface area contributed by atoms with Gasteiger partial charge < -0.3 is 13.6 Å². The average Bonchev–Trinajstić information content (AvgIpc) is 1.81. The predicted octanol–water partition coefficient (Wildman–Crippen LogP) is 0.752. The Morgan fingerprint density at radius 1 is 0.900 bits per heavy atom. The fourth-order valence-corrected chi connectivity index (χ4v) is 2.07. The van der Waals surface area contributed by atoms with Crippen LogP contribution >= 0.6 is 0 Å². The maximum absolute atomic E-state index is 5.46. The van der Waals surface area contributed by atoms with E-state index in [4.69, 9.17) is 13.6 Å². The van der Waals surface area contributed by atoms with Gasteiger partial charge in [-0.05, 0) is 13.1 Å². The third kappa shape index (κ3) is 2.79. The molecule has 0 unspecified atom stereocenters. The van der Waals surface area contributed by atoms with E-state index in [9.17, 15) is 0 Å². The molecule has 0 spiro atoms. The van der Waals surface area contributed by atoms with Crippen molar-refractivity contribution in [3.8, 4) is 0 Å². The van der Waals surface area contributed by atoms with Gasteiger partial charge in [0.15, 0.2) is 0 Å². The molecule has 0 saturated carbocycles. The largest absolute Gasteiger partial charge is 0.392 e. The Balaban J connectivity index is 2.30. The zero-order valence-electron chi connectivity index (χ0n) is 6.55. The second-order valence-corrected chi connectivity index (χ2v) is 6.09. The van der Waals surface area contributed by atoms with Gasteiger partial charge in [0.1, 0.15) is 0 Å². The first-order valence-corrected chi connectivity index (χ1v) is 6.38. The number of hydrogen-bond donors (Lipinski definition) is 0. The monoisotopic (exact) mass is 162 g/mol. The highest BCUT2D eigenvalue weighted by molar-refractivity contribution is 6.64. The molecule has 1 aliphatic heterocycles. The Kier molecular flexibility index (Phi) is 2.85. The third-order valence-corrected chi connectivity index (χ3v) is 3.15. The van der Waals surface area contributed by atoms with Crippen molar-refractivity contribution in [3.05, 3.63) is 0 Å². The third-order valence-electron chi connectivity index (χ3n) is 1.35. The minimum absolute atomic E-state index is 0.680. The quantitative estimate of drug-likeness (QED) is 0.492. The van der Waals surface area contributed by atoms with Gasteiger partial charge in [-0.2, -0.15) is 0 Å². The van der Waals surface area contributed by atoms with Gasteiger partial charge >= 0.3 is 8.56 Å². The molecule has 0 aromatic heterocycles. The minimum atomic E-state index is -1.75. The molecule has 1 heterocycles. The molecule has 0 aromatic carbocycles. The highest BCUT2D eigenvalue weighted by atomic mass is 28.4. The molecule has 0 N–H and O–H groups in total. The lowest BCUT2D eigenvalue weighted by molar-refractivity contribution is 0.0285. The van der Waals surface area contributed by atoms with E-state index in [-0.39, 0.29) is 0 Å². The first-order valence-electron chi connectivity index (χ1n) is 3.56. The zero-order valence-corrected chi connectivity index (χ0v) is 7.55. The standard InChI is InChI=1S/C6H14O3Si/c1-10(2)8-5-3-7-4-6-9-10/h3-6H2,1-2H3. The maximum Gasteiger partial charge on any atom is 0.331 e. The lowest BCUT2D eigenvalue weighted by atomic mass is 10.7. The van der Waals surface area contributed by atoms with Gasteiger partial charge in [0.25, 0.3) is 0 Å². The summed E-state index contributed by atoms with van der Waals surface area (Å²) in [6.45, 7) is 6.88. The highest BCUT2D eigenvalue weighted by Crippen LogP contribution is 2.07. The van der Waals surface area contributed by atoms with Crippen LogP contribution in [0.15, 0.2) is 0 Å². The lowest BCUT2D eigenvalue weighted by Crippen LogP contribution is -2.39. The summed E-state index contributed by atoms with van der Waals surface area (Å²) in [5.41, 5.74) is 0. The molecule has 1 saturated heterocycles. The van der Waals surface area contributed by atoms with Gasteiger partial charge in [0.2, 0.25) is 0 Å². The molecule has 3 nitrogen and oxygen atoms in total. The van der Waals surface area contributed by atoms with Gasteiger partial charge in [-0.3, -0.25) is 0 Å². The van der Waals surface area contributed by atoms with E-state index in [1.54, 1.807) is 0 Å². The molecular weight excluding hydrogens is 148 g/mol. The molecule has 10 heavy (non-hydrogen) atoms. The Morgan fingerprint density at radius 3 is 1.90 bits per heavy atom. The van der Waals surface area contributed by atoms with Crippen molar-refractivity contribution < 1.29 is 13.6 Å². The van der Waals surface area contributed by atoms with Crippen LogP contribution in [0.4, 0.5) is 0 Å². The second kappa shape index (κ2) is 3.48. The van der Waals surface area contributed by atoms with E-state index in [2.05, 4.69) is 13.1 Å². The fourth-order valence-electron chi connectivity index (χ4n) is 0.836. The van der Waals surface area contributed by atoms with Crippen LogP contribution in [0.5, 0.6) is 0 Å². The first kappa shape index (κ1) is 8.20. The summed E-state index contributed by atoms with van der Waals surface area (Å²) in [6, 6.07) is 0. The van der Waals surface area contributed by atoms with Gasteiger partial charge in [0, 0.05) is 0 Å². The first-order chi connectivity index (χ1) is 4.71. The van der Waals surface area contributed by atoms with E-state index in [0.717, 1.165) is 0 Å². The number of ether oxygens (including phenoxy) is 1. The Bertz CT molecular complexity index is 95.2. The molecule has 1 fully saturated rings. The fraction of sp³-hybridized carbons (Fsp3) is 1.00. The van der Waals surface area contributed by atoms with Crippen molar-refractivity contribution in [2.24, 2.45) is 0 Å². The Labute approximate surface area is 62.5 Å². The average molecular weight is 162 g/mol. The summed E-state index contributed by atoms with van der Waals surface area (Å²) in [5.74, 6) is 0. The highest BCUT2D eigenvalue weighted by Gasteiger charge is 2.25. The van der Waals surface area contributed by atoms with Crippen LogP contribution < -0.4 is 0 Å². The molecule has 1 aliphatic rings. The molecule has 0 radical (unpaired) electrons. The Morgan fingerprint density at radius 2 is 1.40 bits per heavy atom. The van der Waals surface area contributed by atoms with Crippen LogP contribution in [0.25, 0.3) is 0 Å². The van der Waals surface area contributed by atoms with Crippen LogP contribution in [0.1, 0.15) is 0 Å². The lowest BCUT2D eigenvalue weighted by Gasteiger charge is -2.25. The molecule has 60 valence electrons. The van der Waals surface area contributed by atoms with Gasteiger partial charge in [0.05, 0.1) is 26.4 Å².